The summed E-state index contributed by atoms with van der Waals surface area (Å²) >= 11 is 0. The second-order valence-corrected chi connectivity index (χ2v) is 3.07. The molecule has 0 aliphatic carbocycles. The summed E-state index contributed by atoms with van der Waals surface area (Å²) in [6.45, 7) is -0.745. The van der Waals surface area contributed by atoms with E-state index in [4.69, 9.17) is 5.11 Å². The smallest absolute Gasteiger partial charge is 0.416 e. The zero-order valence-corrected chi connectivity index (χ0v) is 8.11. The molecule has 1 amide bonds. The molecule has 17 heavy (non-hydrogen) atoms. The van der Waals surface area contributed by atoms with Gasteiger partial charge in [-0.3, -0.25) is 0 Å². The molecule has 2 N–H and O–H groups in total. The molecule has 1 rings (SSSR count). The summed E-state index contributed by atoms with van der Waals surface area (Å²) in [5.41, 5.74) is -2.23. The molecular formula is C9H6F5NO2. The van der Waals surface area contributed by atoms with Crippen LogP contribution in [0.2, 0.25) is 0 Å². The predicted molar refractivity (Wildman–Crippen MR) is 46.2 cm³/mol. The van der Waals surface area contributed by atoms with E-state index in [1.54, 1.807) is 5.32 Å². The highest BCUT2D eigenvalue weighted by Gasteiger charge is 2.32. The lowest BCUT2D eigenvalue weighted by Crippen LogP contribution is -2.22. The third kappa shape index (κ3) is 3.30. The van der Waals surface area contributed by atoms with Crippen molar-refractivity contribution in [3.8, 4) is 0 Å². The van der Waals surface area contributed by atoms with Crippen molar-refractivity contribution in [1.29, 1.82) is 0 Å². The largest absolute Gasteiger partial charge is 0.465 e. The number of benzene rings is 1. The van der Waals surface area contributed by atoms with E-state index in [-0.39, 0.29) is 12.1 Å². The lowest BCUT2D eigenvalue weighted by molar-refractivity contribution is -0.138. The molecule has 0 atom stereocenters. The normalized spacial score (nSPS) is 11.4. The average Bonchev–Trinajstić information content (AvgIpc) is 2.14. The predicted octanol–water partition coefficient (Wildman–Crippen LogP) is 2.75. The number of carbonyl (C=O) groups is 1. The van der Waals surface area contributed by atoms with Gasteiger partial charge in [-0.1, -0.05) is 0 Å². The Morgan fingerprint density at radius 2 is 1.71 bits per heavy atom. The molecule has 94 valence electrons. The zero-order chi connectivity index (χ0) is 13.2. The number of rotatable bonds is 2. The molecule has 0 fully saturated rings. The second kappa shape index (κ2) is 4.56. The zero-order valence-electron chi connectivity index (χ0n) is 8.11. The Kier molecular flexibility index (Phi) is 3.54. The van der Waals surface area contributed by atoms with Crippen LogP contribution < -0.4 is 5.32 Å². The number of amides is 1. The molecule has 0 aromatic heterocycles. The number of nitrogens with one attached hydrogen (secondary N) is 1. The van der Waals surface area contributed by atoms with Crippen molar-refractivity contribution in [2.45, 2.75) is 12.7 Å². The minimum Gasteiger partial charge on any atom is -0.465 e. The van der Waals surface area contributed by atoms with Gasteiger partial charge in [0.05, 0.1) is 12.1 Å². The highest BCUT2D eigenvalue weighted by Crippen LogP contribution is 2.31. The Bertz CT molecular complexity index is 420. The van der Waals surface area contributed by atoms with E-state index >= 15 is 0 Å². The van der Waals surface area contributed by atoms with Crippen molar-refractivity contribution >= 4 is 6.09 Å². The molecule has 0 radical (unpaired) electrons. The quantitative estimate of drug-likeness (QED) is 0.798. The van der Waals surface area contributed by atoms with Gasteiger partial charge in [-0.2, -0.15) is 13.2 Å². The summed E-state index contributed by atoms with van der Waals surface area (Å²) in [6.07, 6.45) is -6.40. The Morgan fingerprint density at radius 3 is 2.06 bits per heavy atom. The van der Waals surface area contributed by atoms with E-state index in [2.05, 4.69) is 0 Å². The van der Waals surface area contributed by atoms with Crippen LogP contribution in [-0.2, 0) is 12.7 Å². The topological polar surface area (TPSA) is 49.3 Å². The maximum absolute atomic E-state index is 13.1. The fraction of sp³-hybridized carbons (Fsp3) is 0.222. The molecular weight excluding hydrogens is 249 g/mol. The van der Waals surface area contributed by atoms with E-state index in [9.17, 15) is 26.7 Å². The van der Waals surface area contributed by atoms with Crippen LogP contribution in [0, 0.1) is 11.6 Å². The van der Waals surface area contributed by atoms with Crippen molar-refractivity contribution < 1.29 is 31.9 Å². The first-order chi connectivity index (χ1) is 7.71. The third-order valence-electron chi connectivity index (χ3n) is 1.88. The number of hydrogen-bond acceptors (Lipinski definition) is 1. The van der Waals surface area contributed by atoms with Gasteiger partial charge in [0, 0.05) is 5.56 Å². The van der Waals surface area contributed by atoms with Gasteiger partial charge in [0.15, 0.2) is 0 Å². The van der Waals surface area contributed by atoms with Gasteiger partial charge < -0.3 is 10.4 Å². The van der Waals surface area contributed by atoms with Crippen molar-refractivity contribution in [2.75, 3.05) is 0 Å². The van der Waals surface area contributed by atoms with E-state index in [1.807, 2.05) is 0 Å². The monoisotopic (exact) mass is 255 g/mol. The van der Waals surface area contributed by atoms with Gasteiger partial charge in [0.2, 0.25) is 0 Å². The van der Waals surface area contributed by atoms with Crippen molar-refractivity contribution in [3.63, 3.8) is 0 Å². The van der Waals surface area contributed by atoms with E-state index in [0.29, 0.717) is 0 Å². The summed E-state index contributed by atoms with van der Waals surface area (Å²) in [5, 5.41) is 9.86. The van der Waals surface area contributed by atoms with Crippen LogP contribution in [0.3, 0.4) is 0 Å². The van der Waals surface area contributed by atoms with Crippen molar-refractivity contribution in [3.05, 3.63) is 34.9 Å². The molecule has 0 bridgehead atoms. The molecule has 0 spiro atoms. The second-order valence-electron chi connectivity index (χ2n) is 3.07. The Balaban J connectivity index is 3.07. The molecule has 0 aliphatic heterocycles. The van der Waals surface area contributed by atoms with Crippen LogP contribution in [0.25, 0.3) is 0 Å². The van der Waals surface area contributed by atoms with Crippen molar-refractivity contribution in [1.82, 2.24) is 5.32 Å². The van der Waals surface area contributed by atoms with Crippen LogP contribution in [0.15, 0.2) is 12.1 Å². The third-order valence-corrected chi connectivity index (χ3v) is 1.88. The molecule has 3 nitrogen and oxygen atoms in total. The average molecular weight is 255 g/mol. The first kappa shape index (κ1) is 13.2. The molecule has 0 aliphatic rings. The van der Waals surface area contributed by atoms with Gasteiger partial charge in [0.25, 0.3) is 0 Å². The number of carboxylic acid groups (broad SMARTS) is 1. The molecule has 8 heteroatoms. The Morgan fingerprint density at radius 1 is 1.24 bits per heavy atom. The first-order valence-electron chi connectivity index (χ1n) is 4.23. The first-order valence-corrected chi connectivity index (χ1v) is 4.23. The highest BCUT2D eigenvalue weighted by molar-refractivity contribution is 5.64. The highest BCUT2D eigenvalue weighted by atomic mass is 19.4. The van der Waals surface area contributed by atoms with E-state index in [0.717, 1.165) is 0 Å². The van der Waals surface area contributed by atoms with Crippen molar-refractivity contribution in [2.24, 2.45) is 0 Å². The van der Waals surface area contributed by atoms with Gasteiger partial charge >= 0.3 is 12.3 Å². The fourth-order valence-electron chi connectivity index (χ4n) is 1.10. The van der Waals surface area contributed by atoms with Crippen LogP contribution in [0.4, 0.5) is 26.7 Å². The van der Waals surface area contributed by atoms with Crippen LogP contribution in [-0.4, -0.2) is 11.2 Å². The molecule has 1 aromatic carbocycles. The van der Waals surface area contributed by atoms with Gasteiger partial charge in [-0.05, 0) is 12.1 Å². The number of alkyl halides is 3. The number of hydrogen-bond donors (Lipinski definition) is 2. The maximum Gasteiger partial charge on any atom is 0.416 e. The van der Waals surface area contributed by atoms with Crippen LogP contribution in [0.5, 0.6) is 0 Å². The van der Waals surface area contributed by atoms with E-state index < -0.39 is 41.6 Å². The summed E-state index contributed by atoms with van der Waals surface area (Å²) in [5.74, 6) is -2.91. The van der Waals surface area contributed by atoms with Gasteiger partial charge in [0.1, 0.15) is 11.6 Å². The van der Waals surface area contributed by atoms with Gasteiger partial charge in [-0.25, -0.2) is 13.6 Å². The Labute approximate surface area is 91.9 Å². The minimum absolute atomic E-state index is 0.113. The maximum atomic E-state index is 13.1. The molecule has 0 heterocycles. The molecule has 1 aromatic rings. The lowest BCUT2D eigenvalue weighted by atomic mass is 10.1. The minimum atomic E-state index is -4.86. The van der Waals surface area contributed by atoms with Gasteiger partial charge in [-0.15, -0.1) is 0 Å². The summed E-state index contributed by atoms with van der Waals surface area (Å²) < 4.78 is 62.7. The lowest BCUT2D eigenvalue weighted by Gasteiger charge is -2.10. The SMILES string of the molecule is O=C(O)NCc1c(F)cc(C(F)(F)F)cc1F. The number of halogens is 5. The Hall–Kier alpha value is -1.86. The molecule has 0 saturated carbocycles. The van der Waals surface area contributed by atoms with E-state index in [1.165, 1.54) is 0 Å². The van der Waals surface area contributed by atoms with Crippen LogP contribution >= 0.6 is 0 Å². The standard InChI is InChI=1S/C9H6F5NO2/c10-6-1-4(9(12,13)14)2-7(11)5(6)3-15-8(16)17/h1-2,15H,3H2,(H,16,17). The summed E-state index contributed by atoms with van der Waals surface area (Å²) in [6, 6.07) is 0.226. The summed E-state index contributed by atoms with van der Waals surface area (Å²) in [7, 11) is 0. The van der Waals surface area contributed by atoms with Crippen LogP contribution in [0.1, 0.15) is 11.1 Å². The summed E-state index contributed by atoms with van der Waals surface area (Å²) in [4.78, 5) is 10.1. The fourth-order valence-corrected chi connectivity index (χ4v) is 1.10. The molecule has 0 saturated heterocycles. The molecule has 0 unspecified atom stereocenters.